The third-order valence-electron chi connectivity index (χ3n) is 3.18. The number of nitrogens with zero attached hydrogens (tertiary/aromatic N) is 1. The molecule has 0 fully saturated rings. The Bertz CT molecular complexity index is 842. The predicted octanol–water partition coefficient (Wildman–Crippen LogP) is 4.43. The minimum Gasteiger partial charge on any atom is -0.319 e. The number of amides is 1. The predicted molar refractivity (Wildman–Crippen MR) is 85.2 cm³/mol. The van der Waals surface area contributed by atoms with Crippen molar-refractivity contribution in [1.29, 1.82) is 0 Å². The zero-order valence-corrected chi connectivity index (χ0v) is 12.6. The van der Waals surface area contributed by atoms with Crippen molar-refractivity contribution < 1.29 is 4.79 Å². The summed E-state index contributed by atoms with van der Waals surface area (Å²) in [5.74, 6) is -0.339. The summed E-state index contributed by atoms with van der Waals surface area (Å²) in [6.45, 7) is 1.85. The number of aryl methyl sites for hydroxylation is 1. The first-order chi connectivity index (χ1) is 10.1. The zero-order valence-electron chi connectivity index (χ0n) is 11.1. The minimum absolute atomic E-state index is 0.318. The lowest BCUT2D eigenvalue weighted by Gasteiger charge is -2.08. The smallest absolute Gasteiger partial charge is 0.276 e. The summed E-state index contributed by atoms with van der Waals surface area (Å²) >= 11 is 12.2. The average Bonchev–Trinajstić information content (AvgIpc) is 2.88. The first-order valence-electron chi connectivity index (χ1n) is 6.26. The van der Waals surface area contributed by atoms with Crippen LogP contribution in [0, 0.1) is 6.92 Å². The van der Waals surface area contributed by atoms with Crippen LogP contribution in [0.25, 0.3) is 10.9 Å². The van der Waals surface area contributed by atoms with Gasteiger partial charge < -0.3 is 5.32 Å². The van der Waals surface area contributed by atoms with Crippen LogP contribution in [0.15, 0.2) is 36.4 Å². The van der Waals surface area contributed by atoms with Crippen molar-refractivity contribution in [3.8, 4) is 0 Å². The molecule has 3 rings (SSSR count). The maximum absolute atomic E-state index is 12.3. The van der Waals surface area contributed by atoms with Gasteiger partial charge in [0, 0.05) is 10.4 Å². The molecule has 106 valence electrons. The van der Waals surface area contributed by atoms with E-state index in [9.17, 15) is 4.79 Å². The van der Waals surface area contributed by atoms with Crippen LogP contribution in [0.4, 0.5) is 5.69 Å². The fourth-order valence-electron chi connectivity index (χ4n) is 2.06. The summed E-state index contributed by atoms with van der Waals surface area (Å²) in [5, 5.41) is 11.3. The molecule has 0 bridgehead atoms. The topological polar surface area (TPSA) is 57.8 Å². The van der Waals surface area contributed by atoms with E-state index in [0.717, 1.165) is 16.5 Å². The van der Waals surface area contributed by atoms with Gasteiger partial charge in [-0.2, -0.15) is 5.10 Å². The van der Waals surface area contributed by atoms with Gasteiger partial charge in [-0.05, 0) is 30.7 Å². The Morgan fingerprint density at radius 2 is 1.95 bits per heavy atom. The van der Waals surface area contributed by atoms with Crippen LogP contribution in [0.1, 0.15) is 16.1 Å². The lowest BCUT2D eigenvalue weighted by Crippen LogP contribution is -2.13. The largest absolute Gasteiger partial charge is 0.319 e. The molecule has 1 heterocycles. The highest BCUT2D eigenvalue weighted by molar-refractivity contribution is 6.36. The Morgan fingerprint density at radius 3 is 2.76 bits per heavy atom. The van der Waals surface area contributed by atoms with E-state index < -0.39 is 0 Å². The molecule has 0 saturated carbocycles. The number of carbonyl (C=O) groups excluding carboxylic acids is 1. The number of hydrogen-bond donors (Lipinski definition) is 2. The van der Waals surface area contributed by atoms with Crippen LogP contribution in [0.5, 0.6) is 0 Å². The van der Waals surface area contributed by atoms with E-state index in [-0.39, 0.29) is 5.91 Å². The number of para-hydroxylation sites is 1. The van der Waals surface area contributed by atoms with E-state index in [1.54, 1.807) is 12.1 Å². The van der Waals surface area contributed by atoms with Gasteiger partial charge in [-0.1, -0.05) is 41.4 Å². The number of rotatable bonds is 2. The molecule has 0 unspecified atom stereocenters. The average molecular weight is 320 g/mol. The number of H-pyrrole nitrogens is 1. The Hall–Kier alpha value is -2.04. The lowest BCUT2D eigenvalue weighted by molar-refractivity contribution is 0.102. The molecular weight excluding hydrogens is 309 g/mol. The second-order valence-corrected chi connectivity index (χ2v) is 5.47. The molecule has 0 radical (unpaired) electrons. The highest BCUT2D eigenvalue weighted by atomic mass is 35.5. The number of aromatic amines is 1. The third kappa shape index (κ3) is 2.60. The van der Waals surface area contributed by atoms with E-state index in [0.29, 0.717) is 21.4 Å². The molecule has 21 heavy (non-hydrogen) atoms. The molecule has 0 aliphatic heterocycles. The molecule has 1 amide bonds. The Labute approximate surface area is 131 Å². The summed E-state index contributed by atoms with van der Waals surface area (Å²) in [6, 6.07) is 10.8. The quantitative estimate of drug-likeness (QED) is 0.734. The first-order valence-corrected chi connectivity index (χ1v) is 7.02. The maximum atomic E-state index is 12.3. The van der Waals surface area contributed by atoms with Crippen molar-refractivity contribution in [2.75, 3.05) is 5.32 Å². The van der Waals surface area contributed by atoms with Crippen LogP contribution in [0.3, 0.4) is 0 Å². The molecule has 0 aliphatic rings. The minimum atomic E-state index is -0.339. The van der Waals surface area contributed by atoms with Crippen LogP contribution >= 0.6 is 23.2 Å². The molecule has 6 heteroatoms. The van der Waals surface area contributed by atoms with Gasteiger partial charge in [0.1, 0.15) is 0 Å². The molecule has 1 aromatic heterocycles. The van der Waals surface area contributed by atoms with Crippen molar-refractivity contribution in [2.45, 2.75) is 6.92 Å². The number of nitrogens with one attached hydrogen (secondary N) is 2. The molecule has 0 aliphatic carbocycles. The summed E-state index contributed by atoms with van der Waals surface area (Å²) in [5.41, 5.74) is 2.43. The van der Waals surface area contributed by atoms with Crippen molar-refractivity contribution in [3.63, 3.8) is 0 Å². The number of benzene rings is 2. The van der Waals surface area contributed by atoms with Crippen molar-refractivity contribution in [1.82, 2.24) is 10.2 Å². The fourth-order valence-corrected chi connectivity index (χ4v) is 2.49. The van der Waals surface area contributed by atoms with Gasteiger partial charge in [-0.3, -0.25) is 9.89 Å². The van der Waals surface area contributed by atoms with Gasteiger partial charge in [-0.25, -0.2) is 0 Å². The molecular formula is C15H11Cl2N3O. The van der Waals surface area contributed by atoms with Crippen LogP contribution in [-0.2, 0) is 0 Å². The normalized spacial score (nSPS) is 10.8. The van der Waals surface area contributed by atoms with Gasteiger partial charge >= 0.3 is 0 Å². The van der Waals surface area contributed by atoms with Crippen LogP contribution in [0.2, 0.25) is 10.0 Å². The molecule has 4 nitrogen and oxygen atoms in total. The zero-order chi connectivity index (χ0) is 15.0. The van der Waals surface area contributed by atoms with E-state index in [1.807, 2.05) is 31.2 Å². The highest BCUT2D eigenvalue weighted by Crippen LogP contribution is 2.29. The van der Waals surface area contributed by atoms with Crippen molar-refractivity contribution >= 4 is 45.7 Å². The highest BCUT2D eigenvalue weighted by Gasteiger charge is 2.15. The molecule has 0 spiro atoms. The number of carbonyl (C=O) groups is 1. The number of aromatic nitrogens is 2. The first kappa shape index (κ1) is 13.9. The van der Waals surface area contributed by atoms with Crippen LogP contribution < -0.4 is 5.32 Å². The second-order valence-electron chi connectivity index (χ2n) is 4.65. The SMILES string of the molecule is Cc1cc(Cl)c(NC(=O)c2n[nH]c3ccccc23)cc1Cl. The molecule has 0 saturated heterocycles. The summed E-state index contributed by atoms with van der Waals surface area (Å²) in [7, 11) is 0. The Kier molecular flexibility index (Phi) is 3.57. The third-order valence-corrected chi connectivity index (χ3v) is 3.90. The number of hydrogen-bond acceptors (Lipinski definition) is 2. The van der Waals surface area contributed by atoms with Gasteiger partial charge in [-0.15, -0.1) is 0 Å². The summed E-state index contributed by atoms with van der Waals surface area (Å²) < 4.78 is 0. The Morgan fingerprint density at radius 1 is 1.19 bits per heavy atom. The maximum Gasteiger partial charge on any atom is 0.276 e. The molecule has 3 aromatic rings. The van der Waals surface area contributed by atoms with E-state index >= 15 is 0 Å². The van der Waals surface area contributed by atoms with E-state index in [1.165, 1.54) is 0 Å². The Balaban J connectivity index is 1.95. The standard InChI is InChI=1S/C15H11Cl2N3O/c1-8-6-11(17)13(7-10(8)16)18-15(21)14-9-4-2-3-5-12(9)19-20-14/h2-7H,1H3,(H,18,21)(H,19,20). The van der Waals surface area contributed by atoms with Gasteiger partial charge in [0.2, 0.25) is 0 Å². The van der Waals surface area contributed by atoms with Gasteiger partial charge in [0.05, 0.1) is 16.2 Å². The monoisotopic (exact) mass is 319 g/mol. The molecule has 2 N–H and O–H groups in total. The second kappa shape index (κ2) is 5.39. The fraction of sp³-hybridized carbons (Fsp3) is 0.0667. The van der Waals surface area contributed by atoms with E-state index in [4.69, 9.17) is 23.2 Å². The summed E-state index contributed by atoms with van der Waals surface area (Å²) in [4.78, 5) is 12.3. The van der Waals surface area contributed by atoms with Gasteiger partial charge in [0.15, 0.2) is 5.69 Å². The number of fused-ring (bicyclic) bond motifs is 1. The molecule has 0 atom stereocenters. The lowest BCUT2D eigenvalue weighted by atomic mass is 10.2. The summed E-state index contributed by atoms with van der Waals surface area (Å²) in [6.07, 6.45) is 0. The van der Waals surface area contributed by atoms with Crippen molar-refractivity contribution in [3.05, 3.63) is 57.7 Å². The van der Waals surface area contributed by atoms with Crippen molar-refractivity contribution in [2.24, 2.45) is 0 Å². The van der Waals surface area contributed by atoms with Gasteiger partial charge in [0.25, 0.3) is 5.91 Å². The van der Waals surface area contributed by atoms with E-state index in [2.05, 4.69) is 15.5 Å². The van der Waals surface area contributed by atoms with Crippen LogP contribution in [-0.4, -0.2) is 16.1 Å². The molecule has 2 aromatic carbocycles. The number of anilines is 1. The number of halogens is 2.